The van der Waals surface area contributed by atoms with E-state index in [1.807, 2.05) is 35.4 Å². The topological polar surface area (TPSA) is 57.2 Å². The van der Waals surface area contributed by atoms with Gasteiger partial charge in [-0.15, -0.1) is 0 Å². The Morgan fingerprint density at radius 3 is 2.43 bits per heavy atom. The number of carbonyl (C=O) groups excluding carboxylic acids is 1. The van der Waals surface area contributed by atoms with E-state index >= 15 is 0 Å². The van der Waals surface area contributed by atoms with E-state index in [-0.39, 0.29) is 5.91 Å². The summed E-state index contributed by atoms with van der Waals surface area (Å²) in [5, 5.41) is 1.14. The van der Waals surface area contributed by atoms with Crippen LogP contribution in [0.3, 0.4) is 0 Å². The smallest absolute Gasteiger partial charge is 0.227 e. The number of H-pyrrole nitrogens is 1. The number of para-hydroxylation sites is 3. The van der Waals surface area contributed by atoms with Crippen molar-refractivity contribution in [3.8, 4) is 0 Å². The Morgan fingerprint density at radius 2 is 1.57 bits per heavy atom. The Hall–Kier alpha value is -3.90. The summed E-state index contributed by atoms with van der Waals surface area (Å²) in [6.07, 6.45) is 2.41. The van der Waals surface area contributed by atoms with E-state index in [0.717, 1.165) is 67.1 Å². The summed E-state index contributed by atoms with van der Waals surface area (Å²) >= 11 is 0. The number of nitrogens with one attached hydrogen (secondary N) is 1. The number of imidazole rings is 1. The van der Waals surface area contributed by atoms with Crippen LogP contribution in [0.4, 0.5) is 0 Å². The first-order valence-corrected chi connectivity index (χ1v) is 12.3. The molecule has 35 heavy (non-hydrogen) atoms. The van der Waals surface area contributed by atoms with Gasteiger partial charge in [-0.1, -0.05) is 60.7 Å². The Balaban J connectivity index is 1.13. The van der Waals surface area contributed by atoms with Crippen LogP contribution in [-0.2, 0) is 24.3 Å². The molecule has 0 bridgehead atoms. The minimum absolute atomic E-state index is 0.200. The highest BCUT2D eigenvalue weighted by Gasteiger charge is 2.23. The fraction of sp³-hybridized carbons (Fsp3) is 0.241. The van der Waals surface area contributed by atoms with Crippen molar-refractivity contribution in [2.24, 2.45) is 0 Å². The van der Waals surface area contributed by atoms with Crippen molar-refractivity contribution in [1.82, 2.24) is 24.3 Å². The third kappa shape index (κ3) is 4.45. The molecule has 3 heterocycles. The fourth-order valence-electron chi connectivity index (χ4n) is 5.10. The van der Waals surface area contributed by atoms with Gasteiger partial charge in [0.25, 0.3) is 0 Å². The molecule has 1 N–H and O–H groups in total. The van der Waals surface area contributed by atoms with E-state index in [1.165, 1.54) is 11.1 Å². The molecule has 0 radical (unpaired) electrons. The van der Waals surface area contributed by atoms with Gasteiger partial charge < -0.3 is 14.5 Å². The third-order valence-corrected chi connectivity index (χ3v) is 7.02. The van der Waals surface area contributed by atoms with Crippen LogP contribution >= 0.6 is 0 Å². The largest absolute Gasteiger partial charge is 0.361 e. The van der Waals surface area contributed by atoms with E-state index in [1.54, 1.807) is 0 Å². The molecule has 1 fully saturated rings. The molecule has 0 saturated carbocycles. The number of hydrogen-bond acceptors (Lipinski definition) is 3. The van der Waals surface area contributed by atoms with Gasteiger partial charge >= 0.3 is 0 Å². The molecule has 1 aliphatic rings. The molecule has 3 aromatic carbocycles. The maximum Gasteiger partial charge on any atom is 0.227 e. The van der Waals surface area contributed by atoms with Crippen LogP contribution in [0, 0.1) is 0 Å². The maximum absolute atomic E-state index is 13.0. The van der Waals surface area contributed by atoms with Crippen molar-refractivity contribution in [3.63, 3.8) is 0 Å². The zero-order chi connectivity index (χ0) is 23.6. The number of fused-ring (bicyclic) bond motifs is 2. The predicted molar refractivity (Wildman–Crippen MR) is 139 cm³/mol. The summed E-state index contributed by atoms with van der Waals surface area (Å²) in [6, 6.07) is 27.1. The van der Waals surface area contributed by atoms with Gasteiger partial charge in [0.15, 0.2) is 0 Å². The average molecular weight is 464 g/mol. The molecule has 6 heteroatoms. The Morgan fingerprint density at radius 1 is 0.829 bits per heavy atom. The van der Waals surface area contributed by atoms with Gasteiger partial charge in [0.2, 0.25) is 5.91 Å². The van der Waals surface area contributed by atoms with E-state index in [0.29, 0.717) is 6.42 Å². The van der Waals surface area contributed by atoms with Crippen molar-refractivity contribution >= 4 is 27.8 Å². The van der Waals surface area contributed by atoms with Crippen molar-refractivity contribution in [2.45, 2.75) is 19.5 Å². The number of nitrogens with zero attached hydrogens (tertiary/aromatic N) is 4. The molecule has 6 rings (SSSR count). The molecule has 2 aromatic heterocycles. The van der Waals surface area contributed by atoms with Gasteiger partial charge in [0, 0.05) is 49.8 Å². The zero-order valence-electron chi connectivity index (χ0n) is 19.7. The highest BCUT2D eigenvalue weighted by atomic mass is 16.2. The van der Waals surface area contributed by atoms with Crippen LogP contribution in [0.25, 0.3) is 21.9 Å². The second-order valence-electron chi connectivity index (χ2n) is 9.28. The fourth-order valence-corrected chi connectivity index (χ4v) is 5.10. The van der Waals surface area contributed by atoms with Crippen LogP contribution in [0.1, 0.15) is 17.0 Å². The van der Waals surface area contributed by atoms with Crippen molar-refractivity contribution in [1.29, 1.82) is 0 Å². The molecule has 0 atom stereocenters. The Bertz CT molecular complexity index is 1460. The predicted octanol–water partition coefficient (Wildman–Crippen LogP) is 4.45. The summed E-state index contributed by atoms with van der Waals surface area (Å²) < 4.78 is 2.33. The quantitative estimate of drug-likeness (QED) is 0.405. The van der Waals surface area contributed by atoms with Crippen LogP contribution in [0.15, 0.2) is 85.1 Å². The molecule has 5 aromatic rings. The lowest BCUT2D eigenvalue weighted by Gasteiger charge is -2.34. The highest BCUT2D eigenvalue weighted by molar-refractivity contribution is 5.89. The minimum Gasteiger partial charge on any atom is -0.361 e. The number of hydrogen-bond donors (Lipinski definition) is 1. The van der Waals surface area contributed by atoms with E-state index in [4.69, 9.17) is 4.98 Å². The van der Waals surface area contributed by atoms with Gasteiger partial charge in [-0.05, 0) is 29.3 Å². The number of amides is 1. The van der Waals surface area contributed by atoms with Gasteiger partial charge in [0.1, 0.15) is 5.82 Å². The minimum atomic E-state index is 0.200. The monoisotopic (exact) mass is 463 g/mol. The lowest BCUT2D eigenvalue weighted by atomic mass is 10.1. The molecule has 0 unspecified atom stereocenters. The average Bonchev–Trinajstić information content (AvgIpc) is 3.46. The number of aromatic amines is 1. The number of rotatable bonds is 6. The summed E-state index contributed by atoms with van der Waals surface area (Å²) in [4.78, 5) is 25.7. The van der Waals surface area contributed by atoms with Crippen LogP contribution in [0.5, 0.6) is 0 Å². The van der Waals surface area contributed by atoms with Gasteiger partial charge in [-0.2, -0.15) is 0 Å². The SMILES string of the molecule is O=C(Cc1c[nH]c2ccccc12)N1CCN(Cc2nc3ccccc3n2Cc2ccccc2)CC1. The summed E-state index contributed by atoms with van der Waals surface area (Å²) in [6.45, 7) is 4.80. The van der Waals surface area contributed by atoms with Crippen molar-refractivity contribution < 1.29 is 4.79 Å². The first-order valence-electron chi connectivity index (χ1n) is 12.3. The number of aromatic nitrogens is 3. The molecule has 1 amide bonds. The van der Waals surface area contributed by atoms with Crippen molar-refractivity contribution in [3.05, 3.63) is 102 Å². The lowest BCUT2D eigenvalue weighted by Crippen LogP contribution is -2.48. The van der Waals surface area contributed by atoms with E-state index in [2.05, 4.69) is 69.0 Å². The molecule has 6 nitrogen and oxygen atoms in total. The third-order valence-electron chi connectivity index (χ3n) is 7.02. The van der Waals surface area contributed by atoms with E-state index in [9.17, 15) is 4.79 Å². The van der Waals surface area contributed by atoms with Gasteiger partial charge in [-0.3, -0.25) is 9.69 Å². The molecular formula is C29H29N5O. The first kappa shape index (κ1) is 21.6. The zero-order valence-corrected chi connectivity index (χ0v) is 19.7. The molecule has 1 saturated heterocycles. The second-order valence-corrected chi connectivity index (χ2v) is 9.28. The molecular weight excluding hydrogens is 434 g/mol. The normalized spacial score (nSPS) is 14.7. The molecule has 0 aliphatic carbocycles. The number of piperazine rings is 1. The van der Waals surface area contributed by atoms with Gasteiger partial charge in [-0.25, -0.2) is 4.98 Å². The summed E-state index contributed by atoms with van der Waals surface area (Å²) in [5.41, 5.74) is 5.62. The van der Waals surface area contributed by atoms with Crippen LogP contribution in [-0.4, -0.2) is 56.4 Å². The Labute approximate surface area is 204 Å². The molecule has 176 valence electrons. The molecule has 1 aliphatic heterocycles. The van der Waals surface area contributed by atoms with Crippen molar-refractivity contribution in [2.75, 3.05) is 26.2 Å². The highest BCUT2D eigenvalue weighted by Crippen LogP contribution is 2.21. The van der Waals surface area contributed by atoms with E-state index < -0.39 is 0 Å². The second kappa shape index (κ2) is 9.39. The first-order chi connectivity index (χ1) is 17.2. The lowest BCUT2D eigenvalue weighted by molar-refractivity contribution is -0.132. The Kier molecular flexibility index (Phi) is 5.80. The summed E-state index contributed by atoms with van der Waals surface area (Å²) in [7, 11) is 0. The standard InChI is InChI=1S/C29H29N5O/c35-29(18-23-19-30-25-11-5-4-10-24(23)25)33-16-14-32(15-17-33)21-28-31-26-12-6-7-13-27(26)34(28)20-22-8-2-1-3-9-22/h1-13,19,30H,14-18,20-21H2. The maximum atomic E-state index is 13.0. The van der Waals surface area contributed by atoms with Crippen LogP contribution < -0.4 is 0 Å². The summed E-state index contributed by atoms with van der Waals surface area (Å²) in [5.74, 6) is 1.28. The van der Waals surface area contributed by atoms with Gasteiger partial charge in [0.05, 0.1) is 24.0 Å². The molecule has 0 spiro atoms. The number of benzene rings is 3. The van der Waals surface area contributed by atoms with Crippen LogP contribution in [0.2, 0.25) is 0 Å². The number of carbonyl (C=O) groups is 1.